The highest BCUT2D eigenvalue weighted by Crippen LogP contribution is 2.27. The van der Waals surface area contributed by atoms with Crippen molar-refractivity contribution >= 4 is 27.5 Å². The zero-order chi connectivity index (χ0) is 15.0. The molecule has 6 nitrogen and oxygen atoms in total. The van der Waals surface area contributed by atoms with Gasteiger partial charge in [0, 0.05) is 32.1 Å². The molecule has 0 aliphatic carbocycles. The van der Waals surface area contributed by atoms with Crippen LogP contribution >= 0.6 is 15.9 Å². The lowest BCUT2D eigenvalue weighted by atomic mass is 10.2. The molecule has 0 unspecified atom stereocenters. The predicted octanol–water partition coefficient (Wildman–Crippen LogP) is 2.36. The Bertz CT molecular complexity index is 480. The first-order chi connectivity index (χ1) is 9.56. The standard InChI is InChI=1S/C13H18BrN3O3/c1-2-7-16-12(18)6-8-15-9-10-4-3-5-11(13(10)14)17(19)20/h3-5,15H,2,6-9H2,1H3,(H,16,18). The van der Waals surface area contributed by atoms with Crippen LogP contribution in [-0.4, -0.2) is 23.9 Å². The minimum atomic E-state index is -0.425. The molecule has 110 valence electrons. The van der Waals surface area contributed by atoms with Gasteiger partial charge in [-0.05, 0) is 27.9 Å². The van der Waals surface area contributed by atoms with Crippen LogP contribution in [0.15, 0.2) is 22.7 Å². The van der Waals surface area contributed by atoms with Crippen LogP contribution in [-0.2, 0) is 11.3 Å². The number of amides is 1. The Kier molecular flexibility index (Phi) is 7.17. The molecule has 20 heavy (non-hydrogen) atoms. The molecule has 0 saturated carbocycles. The molecule has 0 aromatic heterocycles. The highest BCUT2D eigenvalue weighted by molar-refractivity contribution is 9.10. The van der Waals surface area contributed by atoms with Crippen molar-refractivity contribution in [3.8, 4) is 0 Å². The molecule has 7 heteroatoms. The van der Waals surface area contributed by atoms with Crippen molar-refractivity contribution in [2.45, 2.75) is 26.3 Å². The topological polar surface area (TPSA) is 84.3 Å². The van der Waals surface area contributed by atoms with E-state index in [4.69, 9.17) is 0 Å². The predicted molar refractivity (Wildman–Crippen MR) is 80.4 cm³/mol. The summed E-state index contributed by atoms with van der Waals surface area (Å²) >= 11 is 3.24. The van der Waals surface area contributed by atoms with Gasteiger partial charge in [0.15, 0.2) is 0 Å². The molecule has 0 aliphatic heterocycles. The van der Waals surface area contributed by atoms with Crippen molar-refractivity contribution in [2.24, 2.45) is 0 Å². The summed E-state index contributed by atoms with van der Waals surface area (Å²) in [6.07, 6.45) is 1.31. The van der Waals surface area contributed by atoms with Gasteiger partial charge >= 0.3 is 0 Å². The first-order valence-corrected chi connectivity index (χ1v) is 7.24. The van der Waals surface area contributed by atoms with E-state index in [9.17, 15) is 14.9 Å². The zero-order valence-electron chi connectivity index (χ0n) is 11.3. The summed E-state index contributed by atoms with van der Waals surface area (Å²) in [6, 6.07) is 4.90. The Morgan fingerprint density at radius 3 is 2.80 bits per heavy atom. The number of hydrogen-bond donors (Lipinski definition) is 2. The molecule has 0 heterocycles. The summed E-state index contributed by atoms with van der Waals surface area (Å²) < 4.78 is 0.480. The first-order valence-electron chi connectivity index (χ1n) is 6.45. The van der Waals surface area contributed by atoms with Gasteiger partial charge < -0.3 is 10.6 Å². The van der Waals surface area contributed by atoms with E-state index in [1.165, 1.54) is 6.07 Å². The van der Waals surface area contributed by atoms with Gasteiger partial charge in [-0.2, -0.15) is 0 Å². The summed E-state index contributed by atoms with van der Waals surface area (Å²) in [6.45, 7) is 3.70. The van der Waals surface area contributed by atoms with Gasteiger partial charge in [-0.3, -0.25) is 14.9 Å². The second-order valence-corrected chi connectivity index (χ2v) is 5.08. The molecule has 0 aliphatic rings. The Morgan fingerprint density at radius 1 is 1.40 bits per heavy atom. The van der Waals surface area contributed by atoms with Gasteiger partial charge in [0.05, 0.1) is 9.40 Å². The number of nitro benzene ring substituents is 1. The quantitative estimate of drug-likeness (QED) is 0.431. The number of benzene rings is 1. The number of halogens is 1. The Labute approximate surface area is 126 Å². The minimum absolute atomic E-state index is 0.0115. The molecule has 1 amide bonds. The Morgan fingerprint density at radius 2 is 2.15 bits per heavy atom. The van der Waals surface area contributed by atoms with Crippen LogP contribution in [0.1, 0.15) is 25.3 Å². The molecule has 0 bridgehead atoms. The summed E-state index contributed by atoms with van der Waals surface area (Å²) in [4.78, 5) is 21.7. The number of nitro groups is 1. The van der Waals surface area contributed by atoms with E-state index in [1.807, 2.05) is 6.92 Å². The van der Waals surface area contributed by atoms with E-state index in [1.54, 1.807) is 12.1 Å². The van der Waals surface area contributed by atoms with E-state index in [0.29, 0.717) is 30.5 Å². The maximum Gasteiger partial charge on any atom is 0.283 e. The van der Waals surface area contributed by atoms with Crippen molar-refractivity contribution in [3.63, 3.8) is 0 Å². The highest BCUT2D eigenvalue weighted by atomic mass is 79.9. The zero-order valence-corrected chi connectivity index (χ0v) is 12.9. The number of carbonyl (C=O) groups excluding carboxylic acids is 1. The first kappa shape index (κ1) is 16.6. The van der Waals surface area contributed by atoms with Crippen LogP contribution in [0.25, 0.3) is 0 Å². The maximum absolute atomic E-state index is 11.4. The van der Waals surface area contributed by atoms with Gasteiger partial charge in [-0.1, -0.05) is 19.1 Å². The van der Waals surface area contributed by atoms with Crippen LogP contribution < -0.4 is 10.6 Å². The van der Waals surface area contributed by atoms with Gasteiger partial charge in [-0.25, -0.2) is 0 Å². The van der Waals surface area contributed by atoms with Gasteiger partial charge in [0.2, 0.25) is 5.91 Å². The third kappa shape index (κ3) is 5.26. The van der Waals surface area contributed by atoms with E-state index < -0.39 is 4.92 Å². The average molecular weight is 344 g/mol. The largest absolute Gasteiger partial charge is 0.356 e. The Balaban J connectivity index is 2.41. The highest BCUT2D eigenvalue weighted by Gasteiger charge is 2.14. The molecule has 0 saturated heterocycles. The van der Waals surface area contributed by atoms with Crippen molar-refractivity contribution in [1.29, 1.82) is 0 Å². The molecule has 0 fully saturated rings. The molecule has 0 radical (unpaired) electrons. The third-order valence-corrected chi connectivity index (χ3v) is 3.59. The van der Waals surface area contributed by atoms with E-state index in [2.05, 4.69) is 26.6 Å². The molecular weight excluding hydrogens is 326 g/mol. The third-order valence-electron chi connectivity index (χ3n) is 2.67. The summed E-state index contributed by atoms with van der Waals surface area (Å²) in [5, 5.41) is 16.7. The minimum Gasteiger partial charge on any atom is -0.356 e. The number of nitrogens with zero attached hydrogens (tertiary/aromatic N) is 1. The second-order valence-electron chi connectivity index (χ2n) is 4.28. The van der Waals surface area contributed by atoms with Crippen LogP contribution in [0.4, 0.5) is 5.69 Å². The average Bonchev–Trinajstić information content (AvgIpc) is 2.42. The monoisotopic (exact) mass is 343 g/mol. The van der Waals surface area contributed by atoms with Crippen LogP contribution in [0.5, 0.6) is 0 Å². The van der Waals surface area contributed by atoms with Crippen molar-refractivity contribution in [1.82, 2.24) is 10.6 Å². The number of rotatable bonds is 8. The molecule has 1 aromatic carbocycles. The molecule has 2 N–H and O–H groups in total. The molecular formula is C13H18BrN3O3. The Hall–Kier alpha value is -1.47. The van der Waals surface area contributed by atoms with Crippen molar-refractivity contribution < 1.29 is 9.72 Å². The van der Waals surface area contributed by atoms with Crippen molar-refractivity contribution in [3.05, 3.63) is 38.3 Å². The molecule has 1 rings (SSSR count). The smallest absolute Gasteiger partial charge is 0.283 e. The molecule has 0 atom stereocenters. The maximum atomic E-state index is 11.4. The fraction of sp³-hybridized carbons (Fsp3) is 0.462. The van der Waals surface area contributed by atoms with Gasteiger partial charge in [0.25, 0.3) is 5.69 Å². The second kappa shape index (κ2) is 8.65. The fourth-order valence-corrected chi connectivity index (χ4v) is 2.17. The van der Waals surface area contributed by atoms with Gasteiger partial charge in [0.1, 0.15) is 0 Å². The van der Waals surface area contributed by atoms with E-state index >= 15 is 0 Å². The summed E-state index contributed by atoms with van der Waals surface area (Å²) in [5.74, 6) is 0.0115. The van der Waals surface area contributed by atoms with Crippen LogP contribution in [0, 0.1) is 10.1 Å². The normalized spacial score (nSPS) is 10.3. The summed E-state index contributed by atoms with van der Waals surface area (Å²) in [5.41, 5.74) is 0.846. The lowest BCUT2D eigenvalue weighted by Crippen LogP contribution is -2.28. The van der Waals surface area contributed by atoms with Crippen LogP contribution in [0.2, 0.25) is 0 Å². The number of hydrogen-bond acceptors (Lipinski definition) is 4. The summed E-state index contributed by atoms with van der Waals surface area (Å²) in [7, 11) is 0. The lowest BCUT2D eigenvalue weighted by molar-refractivity contribution is -0.385. The van der Waals surface area contributed by atoms with Crippen LogP contribution in [0.3, 0.4) is 0 Å². The molecule has 0 spiro atoms. The molecule has 1 aromatic rings. The number of carbonyl (C=O) groups is 1. The number of nitrogens with one attached hydrogen (secondary N) is 2. The fourth-order valence-electron chi connectivity index (χ4n) is 1.62. The van der Waals surface area contributed by atoms with E-state index in [0.717, 1.165) is 12.0 Å². The van der Waals surface area contributed by atoms with Crippen molar-refractivity contribution in [2.75, 3.05) is 13.1 Å². The lowest BCUT2D eigenvalue weighted by Gasteiger charge is -2.07. The van der Waals surface area contributed by atoms with Gasteiger partial charge in [-0.15, -0.1) is 0 Å². The van der Waals surface area contributed by atoms with E-state index in [-0.39, 0.29) is 11.6 Å². The SMILES string of the molecule is CCCNC(=O)CCNCc1cccc([N+](=O)[O-])c1Br.